The summed E-state index contributed by atoms with van der Waals surface area (Å²) < 4.78 is 2.55. The summed E-state index contributed by atoms with van der Waals surface area (Å²) in [6.07, 6.45) is 12.7. The Morgan fingerprint density at radius 2 is 1.66 bits per heavy atom. The zero-order valence-electron chi connectivity index (χ0n) is 22.6. The Balaban J connectivity index is 1.06. The van der Waals surface area contributed by atoms with Gasteiger partial charge in [0.05, 0.1) is 17.6 Å². The van der Waals surface area contributed by atoms with E-state index >= 15 is 0 Å². The average Bonchev–Trinajstić information content (AvgIpc) is 3.64. The molecule has 3 aliphatic heterocycles. The van der Waals surface area contributed by atoms with Gasteiger partial charge < -0.3 is 9.55 Å². The number of nitrogens with zero attached hydrogens (tertiary/aromatic N) is 5. The lowest BCUT2D eigenvalue weighted by Gasteiger charge is -2.45. The fraction of sp³-hybridized carbons (Fsp3) is 0.500. The van der Waals surface area contributed by atoms with E-state index < -0.39 is 0 Å². The molecule has 3 atom stereocenters. The maximum Gasteiger partial charge on any atom is 0.120 e. The van der Waals surface area contributed by atoms with Crippen LogP contribution in [0.15, 0.2) is 67.0 Å². The predicted octanol–water partition coefficient (Wildman–Crippen LogP) is 5.86. The van der Waals surface area contributed by atoms with Crippen molar-refractivity contribution in [3.8, 4) is 0 Å². The van der Waals surface area contributed by atoms with E-state index in [0.29, 0.717) is 18.1 Å². The third kappa shape index (κ3) is 4.38. The molecule has 6 nitrogen and oxygen atoms in total. The van der Waals surface area contributed by atoms with E-state index in [4.69, 9.17) is 4.98 Å². The molecule has 0 aliphatic carbocycles. The molecular formula is C32H40N6. The van der Waals surface area contributed by atoms with E-state index in [0.717, 1.165) is 31.0 Å². The van der Waals surface area contributed by atoms with Crippen molar-refractivity contribution in [2.45, 2.75) is 82.0 Å². The zero-order valence-corrected chi connectivity index (χ0v) is 22.6. The molecule has 7 rings (SSSR count). The van der Waals surface area contributed by atoms with Crippen LogP contribution in [-0.2, 0) is 12.0 Å². The van der Waals surface area contributed by atoms with Crippen LogP contribution in [0.1, 0.15) is 68.2 Å². The molecule has 38 heavy (non-hydrogen) atoms. The average molecular weight is 509 g/mol. The normalized spacial score (nSPS) is 25.8. The number of rotatable bonds is 7. The van der Waals surface area contributed by atoms with Crippen molar-refractivity contribution in [3.05, 3.63) is 84.2 Å². The lowest BCUT2D eigenvalue weighted by Crippen LogP contribution is -2.48. The Kier molecular flexibility index (Phi) is 6.33. The maximum absolute atomic E-state index is 4.89. The van der Waals surface area contributed by atoms with Gasteiger partial charge in [0.1, 0.15) is 11.6 Å². The second kappa shape index (κ2) is 9.97. The standard InChI is InChI=1S/C32H40N6/c1-24-35-29-9-5-6-10-30(29)38(24)28-21-26-11-12-27(22-28)37(26)20-15-32(25-7-3-2-4-8-25)13-18-36(19-14-32)23-31-33-16-17-34-31/h2-10,16-17,26-28H,11-15,18-23H2,1H3,(H,33,34)/t26-,27+,28+. The van der Waals surface area contributed by atoms with Gasteiger partial charge in [-0.25, -0.2) is 9.97 Å². The van der Waals surface area contributed by atoms with Crippen LogP contribution >= 0.6 is 0 Å². The van der Waals surface area contributed by atoms with Crippen LogP contribution < -0.4 is 0 Å². The Labute approximate surface area is 226 Å². The third-order valence-corrected chi connectivity index (χ3v) is 9.97. The summed E-state index contributed by atoms with van der Waals surface area (Å²) in [6.45, 7) is 6.61. The number of aryl methyl sites for hydroxylation is 1. The Morgan fingerprint density at radius 3 is 2.39 bits per heavy atom. The van der Waals surface area contributed by atoms with Crippen molar-refractivity contribution >= 4 is 11.0 Å². The van der Waals surface area contributed by atoms with E-state index in [1.165, 1.54) is 62.8 Å². The van der Waals surface area contributed by atoms with Gasteiger partial charge in [0.25, 0.3) is 0 Å². The fourth-order valence-electron chi connectivity index (χ4n) is 8.00. The summed E-state index contributed by atoms with van der Waals surface area (Å²) in [5, 5.41) is 0. The van der Waals surface area contributed by atoms with Crippen LogP contribution in [0.25, 0.3) is 11.0 Å². The van der Waals surface area contributed by atoms with Gasteiger partial charge in [-0.15, -0.1) is 0 Å². The van der Waals surface area contributed by atoms with Crippen LogP contribution in [0, 0.1) is 6.92 Å². The lowest BCUT2D eigenvalue weighted by molar-refractivity contribution is 0.0808. The van der Waals surface area contributed by atoms with Crippen LogP contribution in [-0.4, -0.2) is 61.0 Å². The number of benzene rings is 2. The quantitative estimate of drug-likeness (QED) is 0.340. The molecule has 3 fully saturated rings. The first-order chi connectivity index (χ1) is 18.7. The molecule has 3 saturated heterocycles. The molecule has 4 aromatic rings. The second-order valence-electron chi connectivity index (χ2n) is 12.0. The molecule has 2 aromatic heterocycles. The Hall–Kier alpha value is -2.96. The number of hydrogen-bond donors (Lipinski definition) is 1. The number of likely N-dealkylation sites (tertiary alicyclic amines) is 1. The van der Waals surface area contributed by atoms with Crippen LogP contribution in [0.3, 0.4) is 0 Å². The molecule has 1 N–H and O–H groups in total. The van der Waals surface area contributed by atoms with Gasteiger partial charge in [-0.1, -0.05) is 42.5 Å². The summed E-state index contributed by atoms with van der Waals surface area (Å²) in [5.41, 5.74) is 4.27. The summed E-state index contributed by atoms with van der Waals surface area (Å²) in [5.74, 6) is 2.26. The molecule has 0 amide bonds. The molecule has 2 bridgehead atoms. The maximum atomic E-state index is 4.89. The van der Waals surface area contributed by atoms with Gasteiger partial charge in [-0.3, -0.25) is 9.80 Å². The molecule has 0 radical (unpaired) electrons. The van der Waals surface area contributed by atoms with E-state index in [1.54, 1.807) is 5.56 Å². The molecule has 2 aromatic carbocycles. The lowest BCUT2D eigenvalue weighted by atomic mass is 9.70. The van der Waals surface area contributed by atoms with Gasteiger partial charge in [-0.2, -0.15) is 0 Å². The Morgan fingerprint density at radius 1 is 0.921 bits per heavy atom. The van der Waals surface area contributed by atoms with E-state index in [1.807, 2.05) is 12.4 Å². The number of H-pyrrole nitrogens is 1. The largest absolute Gasteiger partial charge is 0.348 e. The zero-order chi connectivity index (χ0) is 25.5. The number of aromatic amines is 1. The first kappa shape index (κ1) is 24.1. The highest BCUT2D eigenvalue weighted by molar-refractivity contribution is 5.76. The number of imidazole rings is 2. The Bertz CT molecular complexity index is 1340. The minimum absolute atomic E-state index is 0.272. The van der Waals surface area contributed by atoms with E-state index in [-0.39, 0.29) is 5.41 Å². The minimum Gasteiger partial charge on any atom is -0.348 e. The van der Waals surface area contributed by atoms with Crippen molar-refractivity contribution in [1.82, 2.24) is 29.3 Å². The summed E-state index contributed by atoms with van der Waals surface area (Å²) >= 11 is 0. The van der Waals surface area contributed by atoms with E-state index in [9.17, 15) is 0 Å². The fourth-order valence-corrected chi connectivity index (χ4v) is 8.00. The summed E-state index contributed by atoms with van der Waals surface area (Å²) in [4.78, 5) is 18.1. The van der Waals surface area contributed by atoms with Crippen molar-refractivity contribution < 1.29 is 0 Å². The highest BCUT2D eigenvalue weighted by atomic mass is 15.2. The van der Waals surface area contributed by atoms with Crippen LogP contribution in [0.5, 0.6) is 0 Å². The summed E-state index contributed by atoms with van der Waals surface area (Å²) in [7, 11) is 0. The molecular weight excluding hydrogens is 468 g/mol. The monoisotopic (exact) mass is 508 g/mol. The van der Waals surface area contributed by atoms with Gasteiger partial charge >= 0.3 is 0 Å². The van der Waals surface area contributed by atoms with Crippen molar-refractivity contribution in [1.29, 1.82) is 0 Å². The first-order valence-electron chi connectivity index (χ1n) is 14.6. The summed E-state index contributed by atoms with van der Waals surface area (Å²) in [6, 6.07) is 22.1. The number of nitrogens with one attached hydrogen (secondary N) is 1. The van der Waals surface area contributed by atoms with E-state index in [2.05, 4.69) is 85.9 Å². The van der Waals surface area contributed by atoms with Gasteiger partial charge in [0, 0.05) is 30.5 Å². The van der Waals surface area contributed by atoms with Gasteiger partial charge in [0.15, 0.2) is 0 Å². The molecule has 198 valence electrons. The highest BCUT2D eigenvalue weighted by Gasteiger charge is 2.44. The predicted molar refractivity (Wildman–Crippen MR) is 152 cm³/mol. The SMILES string of the molecule is Cc1nc2ccccc2n1[C@H]1C[C@H]2CC[C@@H](C1)N2CCC1(c2ccccc2)CCN(Cc2ncc[nH]2)CC1. The smallest absolute Gasteiger partial charge is 0.120 e. The van der Waals surface area contributed by atoms with Gasteiger partial charge in [-0.05, 0) is 94.6 Å². The van der Waals surface area contributed by atoms with Crippen molar-refractivity contribution in [2.24, 2.45) is 0 Å². The van der Waals surface area contributed by atoms with Crippen molar-refractivity contribution in [2.75, 3.05) is 19.6 Å². The molecule has 0 spiro atoms. The van der Waals surface area contributed by atoms with Crippen LogP contribution in [0.2, 0.25) is 0 Å². The topological polar surface area (TPSA) is 53.0 Å². The third-order valence-electron chi connectivity index (χ3n) is 9.97. The van der Waals surface area contributed by atoms with Crippen LogP contribution in [0.4, 0.5) is 0 Å². The number of fused-ring (bicyclic) bond motifs is 3. The molecule has 0 saturated carbocycles. The molecule has 0 unspecified atom stereocenters. The molecule has 6 heteroatoms. The first-order valence-corrected chi connectivity index (χ1v) is 14.6. The highest BCUT2D eigenvalue weighted by Crippen LogP contribution is 2.45. The number of hydrogen-bond acceptors (Lipinski definition) is 4. The van der Waals surface area contributed by atoms with Crippen molar-refractivity contribution in [3.63, 3.8) is 0 Å². The number of aromatic nitrogens is 4. The molecule has 3 aliphatic rings. The second-order valence-corrected chi connectivity index (χ2v) is 12.0. The number of para-hydroxylation sites is 2. The molecule has 5 heterocycles. The minimum atomic E-state index is 0.272. The van der Waals surface area contributed by atoms with Gasteiger partial charge in [0.2, 0.25) is 0 Å². The number of piperidine rings is 2.